The standard InChI is InChI=1S/C11H22N2O/c1-11(2,3)10-8-13(4-5-14-10)9-6-12-7-9/h9-10,12H,4-8H2,1-3H3. The van der Waals surface area contributed by atoms with E-state index in [2.05, 4.69) is 31.0 Å². The Morgan fingerprint density at radius 2 is 2.00 bits per heavy atom. The van der Waals surface area contributed by atoms with Crippen LogP contribution in [-0.2, 0) is 4.74 Å². The molecular formula is C11H22N2O. The van der Waals surface area contributed by atoms with E-state index < -0.39 is 0 Å². The Hall–Kier alpha value is -0.120. The molecule has 2 fully saturated rings. The molecule has 3 nitrogen and oxygen atoms in total. The van der Waals surface area contributed by atoms with E-state index in [1.807, 2.05) is 0 Å². The first-order chi connectivity index (χ1) is 6.57. The summed E-state index contributed by atoms with van der Waals surface area (Å²) in [5.74, 6) is 0. The smallest absolute Gasteiger partial charge is 0.0750 e. The highest BCUT2D eigenvalue weighted by Crippen LogP contribution is 2.26. The second kappa shape index (κ2) is 3.80. The van der Waals surface area contributed by atoms with Gasteiger partial charge in [-0.3, -0.25) is 4.90 Å². The quantitative estimate of drug-likeness (QED) is 0.671. The van der Waals surface area contributed by atoms with Crippen molar-refractivity contribution in [2.75, 3.05) is 32.8 Å². The number of hydrogen-bond donors (Lipinski definition) is 1. The molecule has 0 aliphatic carbocycles. The molecule has 2 rings (SSSR count). The van der Waals surface area contributed by atoms with E-state index in [4.69, 9.17) is 4.74 Å². The van der Waals surface area contributed by atoms with Gasteiger partial charge < -0.3 is 10.1 Å². The van der Waals surface area contributed by atoms with E-state index in [0.717, 1.165) is 38.8 Å². The lowest BCUT2D eigenvalue weighted by Gasteiger charge is -2.45. The molecule has 1 atom stereocenters. The van der Waals surface area contributed by atoms with Crippen LogP contribution in [0.15, 0.2) is 0 Å². The van der Waals surface area contributed by atoms with Crippen molar-refractivity contribution in [3.8, 4) is 0 Å². The molecule has 1 unspecified atom stereocenters. The normalized spacial score (nSPS) is 31.5. The number of ether oxygens (including phenoxy) is 1. The molecule has 1 N–H and O–H groups in total. The molecule has 0 aromatic heterocycles. The highest BCUT2D eigenvalue weighted by Gasteiger charge is 2.34. The van der Waals surface area contributed by atoms with Crippen molar-refractivity contribution in [2.45, 2.75) is 32.9 Å². The third-order valence-electron chi connectivity index (χ3n) is 3.34. The Bertz CT molecular complexity index is 196. The van der Waals surface area contributed by atoms with Gasteiger partial charge in [0.05, 0.1) is 12.7 Å². The van der Waals surface area contributed by atoms with Gasteiger partial charge in [0.25, 0.3) is 0 Å². The predicted octanol–water partition coefficient (Wildman–Crippen LogP) is 0.705. The molecule has 0 bridgehead atoms. The number of nitrogens with one attached hydrogen (secondary N) is 1. The molecule has 0 spiro atoms. The summed E-state index contributed by atoms with van der Waals surface area (Å²) in [5.41, 5.74) is 0.274. The Morgan fingerprint density at radius 1 is 1.29 bits per heavy atom. The van der Waals surface area contributed by atoms with Gasteiger partial charge in [-0.1, -0.05) is 20.8 Å². The van der Waals surface area contributed by atoms with Gasteiger partial charge in [0.1, 0.15) is 0 Å². The Balaban J connectivity index is 1.90. The maximum atomic E-state index is 5.83. The number of nitrogens with zero attached hydrogens (tertiary/aromatic N) is 1. The first-order valence-electron chi connectivity index (χ1n) is 5.64. The van der Waals surface area contributed by atoms with Gasteiger partial charge in [-0.15, -0.1) is 0 Å². The minimum absolute atomic E-state index is 0.274. The molecule has 2 aliphatic rings. The lowest BCUT2D eigenvalue weighted by atomic mass is 9.87. The molecule has 2 heterocycles. The Kier molecular flexibility index (Phi) is 2.82. The average molecular weight is 198 g/mol. The fourth-order valence-electron chi connectivity index (χ4n) is 2.06. The molecule has 2 aliphatic heterocycles. The molecule has 0 saturated carbocycles. The van der Waals surface area contributed by atoms with E-state index in [9.17, 15) is 0 Å². The SMILES string of the molecule is CC(C)(C)C1CN(C2CNC2)CCO1. The van der Waals surface area contributed by atoms with E-state index in [0.29, 0.717) is 6.10 Å². The Labute approximate surface area is 86.8 Å². The summed E-state index contributed by atoms with van der Waals surface area (Å²) in [6.45, 7) is 12.2. The fourth-order valence-corrected chi connectivity index (χ4v) is 2.06. The van der Waals surface area contributed by atoms with Gasteiger partial charge >= 0.3 is 0 Å². The number of hydrogen-bond acceptors (Lipinski definition) is 3. The number of morpholine rings is 1. The van der Waals surface area contributed by atoms with Gasteiger partial charge in [-0.25, -0.2) is 0 Å². The van der Waals surface area contributed by atoms with E-state index in [1.54, 1.807) is 0 Å². The highest BCUT2D eigenvalue weighted by atomic mass is 16.5. The first kappa shape index (κ1) is 10.4. The summed E-state index contributed by atoms with van der Waals surface area (Å²) in [4.78, 5) is 2.58. The lowest BCUT2D eigenvalue weighted by molar-refractivity contribution is -0.0945. The largest absolute Gasteiger partial charge is 0.375 e. The minimum Gasteiger partial charge on any atom is -0.375 e. The summed E-state index contributed by atoms with van der Waals surface area (Å²) in [5, 5.41) is 3.33. The van der Waals surface area contributed by atoms with E-state index in [1.165, 1.54) is 0 Å². The summed E-state index contributed by atoms with van der Waals surface area (Å²) >= 11 is 0. The molecule has 82 valence electrons. The molecular weight excluding hydrogens is 176 g/mol. The maximum absolute atomic E-state index is 5.83. The van der Waals surface area contributed by atoms with Gasteiger partial charge in [0, 0.05) is 32.2 Å². The van der Waals surface area contributed by atoms with Crippen molar-refractivity contribution >= 4 is 0 Å². The highest BCUT2D eigenvalue weighted by molar-refractivity contribution is 4.90. The van der Waals surface area contributed by atoms with Gasteiger partial charge in [-0.05, 0) is 5.41 Å². The topological polar surface area (TPSA) is 24.5 Å². The summed E-state index contributed by atoms with van der Waals surface area (Å²) in [6.07, 6.45) is 0.400. The molecule has 0 amide bonds. The van der Waals surface area contributed by atoms with Crippen LogP contribution in [0.3, 0.4) is 0 Å². The minimum atomic E-state index is 0.274. The monoisotopic (exact) mass is 198 g/mol. The second-order valence-electron chi connectivity index (χ2n) is 5.53. The average Bonchev–Trinajstić information content (AvgIpc) is 2.00. The van der Waals surface area contributed by atoms with Crippen LogP contribution in [0.5, 0.6) is 0 Å². The van der Waals surface area contributed by atoms with Crippen molar-refractivity contribution in [1.82, 2.24) is 10.2 Å². The van der Waals surface area contributed by atoms with E-state index >= 15 is 0 Å². The third-order valence-corrected chi connectivity index (χ3v) is 3.34. The van der Waals surface area contributed by atoms with Crippen molar-refractivity contribution < 1.29 is 4.74 Å². The molecule has 2 saturated heterocycles. The van der Waals surface area contributed by atoms with Crippen LogP contribution in [0.25, 0.3) is 0 Å². The molecule has 14 heavy (non-hydrogen) atoms. The van der Waals surface area contributed by atoms with Gasteiger partial charge in [-0.2, -0.15) is 0 Å². The van der Waals surface area contributed by atoms with Crippen LogP contribution in [0, 0.1) is 5.41 Å². The second-order valence-corrected chi connectivity index (χ2v) is 5.53. The van der Waals surface area contributed by atoms with Crippen molar-refractivity contribution in [3.63, 3.8) is 0 Å². The first-order valence-corrected chi connectivity index (χ1v) is 5.64. The van der Waals surface area contributed by atoms with Crippen LogP contribution in [-0.4, -0.2) is 49.8 Å². The summed E-state index contributed by atoms with van der Waals surface area (Å²) in [6, 6.07) is 0.767. The lowest BCUT2D eigenvalue weighted by Crippen LogP contribution is -2.62. The Morgan fingerprint density at radius 3 is 2.50 bits per heavy atom. The van der Waals surface area contributed by atoms with Crippen molar-refractivity contribution in [1.29, 1.82) is 0 Å². The van der Waals surface area contributed by atoms with Crippen LogP contribution >= 0.6 is 0 Å². The van der Waals surface area contributed by atoms with Crippen LogP contribution < -0.4 is 5.32 Å². The fraction of sp³-hybridized carbons (Fsp3) is 1.00. The van der Waals surface area contributed by atoms with Gasteiger partial charge in [0.2, 0.25) is 0 Å². The van der Waals surface area contributed by atoms with Crippen LogP contribution in [0.4, 0.5) is 0 Å². The van der Waals surface area contributed by atoms with Crippen molar-refractivity contribution in [3.05, 3.63) is 0 Å². The zero-order chi connectivity index (χ0) is 10.2. The molecule has 3 heteroatoms. The zero-order valence-electron chi connectivity index (χ0n) is 9.55. The zero-order valence-corrected chi connectivity index (χ0v) is 9.55. The van der Waals surface area contributed by atoms with E-state index in [-0.39, 0.29) is 5.41 Å². The van der Waals surface area contributed by atoms with Crippen molar-refractivity contribution in [2.24, 2.45) is 5.41 Å². The molecule has 0 aromatic carbocycles. The number of rotatable bonds is 1. The third kappa shape index (κ3) is 2.10. The summed E-state index contributed by atoms with van der Waals surface area (Å²) < 4.78 is 5.83. The van der Waals surface area contributed by atoms with Crippen LogP contribution in [0.2, 0.25) is 0 Å². The molecule has 0 aromatic rings. The molecule has 0 radical (unpaired) electrons. The van der Waals surface area contributed by atoms with Gasteiger partial charge in [0.15, 0.2) is 0 Å². The maximum Gasteiger partial charge on any atom is 0.0750 e. The van der Waals surface area contributed by atoms with Crippen LogP contribution in [0.1, 0.15) is 20.8 Å². The summed E-state index contributed by atoms with van der Waals surface area (Å²) in [7, 11) is 0. The predicted molar refractivity (Wildman–Crippen MR) is 57.4 cm³/mol.